The Labute approximate surface area is 147 Å². The standard InChI is InChI=1S/C18H24FN5O/c1-14-3-4-15(11-17(14)19)12-21-18(20-2)24-8-6-23(7-9-24)13-16-5-10-25-22-16/h3-5,10-11H,6-9,12-13H2,1-2H3,(H,20,21). The predicted octanol–water partition coefficient (Wildman–Crippen LogP) is 2.02. The molecule has 6 nitrogen and oxygen atoms in total. The van der Waals surface area contributed by atoms with Gasteiger partial charge in [-0.05, 0) is 24.1 Å². The van der Waals surface area contributed by atoms with Crippen molar-refractivity contribution in [2.45, 2.75) is 20.0 Å². The van der Waals surface area contributed by atoms with E-state index in [0.717, 1.165) is 49.9 Å². The van der Waals surface area contributed by atoms with Gasteiger partial charge in [-0.1, -0.05) is 17.3 Å². The molecule has 3 rings (SSSR count). The van der Waals surface area contributed by atoms with E-state index in [1.54, 1.807) is 32.4 Å². The van der Waals surface area contributed by atoms with Crippen molar-refractivity contribution in [3.63, 3.8) is 0 Å². The van der Waals surface area contributed by atoms with Crippen LogP contribution in [-0.4, -0.2) is 54.1 Å². The van der Waals surface area contributed by atoms with Gasteiger partial charge in [0.1, 0.15) is 12.1 Å². The molecule has 1 aliphatic heterocycles. The van der Waals surface area contributed by atoms with Crippen LogP contribution in [-0.2, 0) is 13.1 Å². The second-order valence-electron chi connectivity index (χ2n) is 6.24. The Balaban J connectivity index is 1.49. The summed E-state index contributed by atoms with van der Waals surface area (Å²) in [7, 11) is 1.78. The van der Waals surface area contributed by atoms with Crippen LogP contribution in [0.4, 0.5) is 4.39 Å². The number of aromatic nitrogens is 1. The zero-order valence-electron chi connectivity index (χ0n) is 14.7. The first-order valence-corrected chi connectivity index (χ1v) is 8.48. The lowest BCUT2D eigenvalue weighted by Crippen LogP contribution is -2.52. The number of piperazine rings is 1. The normalized spacial score (nSPS) is 16.3. The highest BCUT2D eigenvalue weighted by atomic mass is 19.1. The molecule has 0 aliphatic carbocycles. The highest BCUT2D eigenvalue weighted by molar-refractivity contribution is 5.80. The zero-order chi connectivity index (χ0) is 17.6. The van der Waals surface area contributed by atoms with Crippen LogP contribution in [0.2, 0.25) is 0 Å². The summed E-state index contributed by atoms with van der Waals surface area (Å²) in [5.74, 6) is 0.679. The van der Waals surface area contributed by atoms with Crippen molar-refractivity contribution in [1.82, 2.24) is 20.3 Å². The number of halogens is 1. The van der Waals surface area contributed by atoms with Crippen LogP contribution in [0.25, 0.3) is 0 Å². The topological polar surface area (TPSA) is 56.9 Å². The van der Waals surface area contributed by atoms with Crippen molar-refractivity contribution in [2.75, 3.05) is 33.2 Å². The molecule has 2 aromatic rings. The number of nitrogens with one attached hydrogen (secondary N) is 1. The van der Waals surface area contributed by atoms with Crippen molar-refractivity contribution in [3.05, 3.63) is 53.2 Å². The maximum absolute atomic E-state index is 13.7. The van der Waals surface area contributed by atoms with Gasteiger partial charge >= 0.3 is 0 Å². The summed E-state index contributed by atoms with van der Waals surface area (Å²) in [5, 5.41) is 7.29. The first-order valence-electron chi connectivity index (χ1n) is 8.48. The summed E-state index contributed by atoms with van der Waals surface area (Å²) in [5.41, 5.74) is 2.53. The predicted molar refractivity (Wildman–Crippen MR) is 94.7 cm³/mol. The van der Waals surface area contributed by atoms with Crippen LogP contribution < -0.4 is 5.32 Å². The highest BCUT2D eigenvalue weighted by Crippen LogP contribution is 2.10. The van der Waals surface area contributed by atoms with E-state index < -0.39 is 0 Å². The van der Waals surface area contributed by atoms with Gasteiger partial charge in [-0.2, -0.15) is 0 Å². The Hall–Kier alpha value is -2.41. The fourth-order valence-corrected chi connectivity index (χ4v) is 2.93. The van der Waals surface area contributed by atoms with E-state index in [0.29, 0.717) is 12.1 Å². The SMILES string of the molecule is CN=C(NCc1ccc(C)c(F)c1)N1CCN(Cc2ccon2)CC1. The van der Waals surface area contributed by atoms with Crippen molar-refractivity contribution < 1.29 is 8.91 Å². The van der Waals surface area contributed by atoms with Crippen LogP contribution >= 0.6 is 0 Å². The number of aliphatic imine (C=N–C) groups is 1. The van der Waals surface area contributed by atoms with E-state index in [2.05, 4.69) is 25.3 Å². The van der Waals surface area contributed by atoms with Crippen LogP contribution in [0.1, 0.15) is 16.8 Å². The Bertz CT molecular complexity index is 708. The summed E-state index contributed by atoms with van der Waals surface area (Å²) in [6, 6.07) is 7.21. The van der Waals surface area contributed by atoms with E-state index in [9.17, 15) is 4.39 Å². The molecule has 2 heterocycles. The van der Waals surface area contributed by atoms with Crippen LogP contribution in [0.15, 0.2) is 40.0 Å². The monoisotopic (exact) mass is 345 g/mol. The molecule has 1 N–H and O–H groups in total. The number of guanidine groups is 1. The van der Waals surface area contributed by atoms with Gasteiger partial charge in [0.2, 0.25) is 0 Å². The molecule has 0 unspecified atom stereocenters. The van der Waals surface area contributed by atoms with Crippen molar-refractivity contribution in [3.8, 4) is 0 Å². The second kappa shape index (κ2) is 8.11. The summed E-state index contributed by atoms with van der Waals surface area (Å²) < 4.78 is 18.5. The summed E-state index contributed by atoms with van der Waals surface area (Å²) >= 11 is 0. The molecular formula is C18H24FN5O. The summed E-state index contributed by atoms with van der Waals surface area (Å²) in [6.07, 6.45) is 1.60. The number of rotatable bonds is 4. The van der Waals surface area contributed by atoms with E-state index >= 15 is 0 Å². The van der Waals surface area contributed by atoms with Crippen LogP contribution in [0, 0.1) is 12.7 Å². The molecule has 25 heavy (non-hydrogen) atoms. The van der Waals surface area contributed by atoms with Gasteiger partial charge in [-0.25, -0.2) is 4.39 Å². The molecule has 7 heteroatoms. The molecule has 0 bridgehead atoms. The first-order chi connectivity index (χ1) is 12.2. The molecule has 1 fully saturated rings. The number of hydrogen-bond acceptors (Lipinski definition) is 4. The lowest BCUT2D eigenvalue weighted by atomic mass is 10.1. The first kappa shape index (κ1) is 17.4. The fraction of sp³-hybridized carbons (Fsp3) is 0.444. The molecule has 0 spiro atoms. The van der Waals surface area contributed by atoms with Gasteiger partial charge < -0.3 is 14.7 Å². The Morgan fingerprint density at radius 1 is 1.28 bits per heavy atom. The molecule has 0 atom stereocenters. The van der Waals surface area contributed by atoms with E-state index in [-0.39, 0.29) is 5.82 Å². The molecule has 1 aromatic heterocycles. The fourth-order valence-electron chi connectivity index (χ4n) is 2.93. The largest absolute Gasteiger partial charge is 0.364 e. The zero-order valence-corrected chi connectivity index (χ0v) is 14.7. The van der Waals surface area contributed by atoms with Gasteiger partial charge in [0.15, 0.2) is 5.96 Å². The average molecular weight is 345 g/mol. The van der Waals surface area contributed by atoms with Gasteiger partial charge in [-0.15, -0.1) is 0 Å². The smallest absolute Gasteiger partial charge is 0.194 e. The molecule has 1 saturated heterocycles. The Morgan fingerprint density at radius 2 is 2.08 bits per heavy atom. The minimum atomic E-state index is -0.171. The highest BCUT2D eigenvalue weighted by Gasteiger charge is 2.20. The average Bonchev–Trinajstić information content (AvgIpc) is 3.13. The molecule has 0 radical (unpaired) electrons. The molecule has 134 valence electrons. The molecular weight excluding hydrogens is 321 g/mol. The van der Waals surface area contributed by atoms with Crippen LogP contribution in [0.3, 0.4) is 0 Å². The Morgan fingerprint density at radius 3 is 2.72 bits per heavy atom. The molecule has 1 aromatic carbocycles. The second-order valence-corrected chi connectivity index (χ2v) is 6.24. The molecule has 0 amide bonds. The lowest BCUT2D eigenvalue weighted by Gasteiger charge is -2.36. The van der Waals surface area contributed by atoms with Gasteiger partial charge in [0, 0.05) is 52.4 Å². The number of benzene rings is 1. The van der Waals surface area contributed by atoms with E-state index in [1.165, 1.54) is 0 Å². The number of nitrogens with zero attached hydrogens (tertiary/aromatic N) is 4. The number of aryl methyl sites for hydroxylation is 1. The maximum Gasteiger partial charge on any atom is 0.194 e. The van der Waals surface area contributed by atoms with Gasteiger partial charge in [0.25, 0.3) is 0 Å². The maximum atomic E-state index is 13.7. The third-order valence-corrected chi connectivity index (χ3v) is 4.45. The van der Waals surface area contributed by atoms with Gasteiger partial charge in [0.05, 0.1) is 5.69 Å². The lowest BCUT2D eigenvalue weighted by molar-refractivity contribution is 0.169. The summed E-state index contributed by atoms with van der Waals surface area (Å²) in [4.78, 5) is 8.93. The number of hydrogen-bond donors (Lipinski definition) is 1. The van der Waals surface area contributed by atoms with Gasteiger partial charge in [-0.3, -0.25) is 9.89 Å². The third-order valence-electron chi connectivity index (χ3n) is 4.45. The van der Waals surface area contributed by atoms with E-state index in [4.69, 9.17) is 4.52 Å². The van der Waals surface area contributed by atoms with Crippen molar-refractivity contribution in [1.29, 1.82) is 0 Å². The molecule has 0 saturated carbocycles. The molecule has 1 aliphatic rings. The van der Waals surface area contributed by atoms with Crippen LogP contribution in [0.5, 0.6) is 0 Å². The van der Waals surface area contributed by atoms with Crippen molar-refractivity contribution >= 4 is 5.96 Å². The van der Waals surface area contributed by atoms with E-state index in [1.807, 2.05) is 12.1 Å². The summed E-state index contributed by atoms with van der Waals surface area (Å²) in [6.45, 7) is 6.78. The minimum absolute atomic E-state index is 0.171. The van der Waals surface area contributed by atoms with Crippen molar-refractivity contribution in [2.24, 2.45) is 4.99 Å². The Kier molecular flexibility index (Phi) is 5.65. The quantitative estimate of drug-likeness (QED) is 0.679. The minimum Gasteiger partial charge on any atom is -0.364 e. The third kappa shape index (κ3) is 4.57.